The maximum absolute atomic E-state index is 10.8. The zero-order valence-corrected chi connectivity index (χ0v) is 5.71. The molecular formula is C7H10N2O. The number of β-lactam (4-membered cyclic amide) rings is 1. The second-order valence-corrected chi connectivity index (χ2v) is 2.34. The van der Waals surface area contributed by atoms with Crippen molar-refractivity contribution in [2.45, 2.75) is 12.5 Å². The summed E-state index contributed by atoms with van der Waals surface area (Å²) in [6.07, 6.45) is 5.64. The fourth-order valence-electron chi connectivity index (χ4n) is 0.929. The molecule has 1 amide bonds. The van der Waals surface area contributed by atoms with Crippen molar-refractivity contribution in [2.75, 3.05) is 13.1 Å². The first-order valence-corrected chi connectivity index (χ1v) is 3.23. The minimum absolute atomic E-state index is 0.0234. The van der Waals surface area contributed by atoms with Crippen LogP contribution in [0.1, 0.15) is 6.42 Å². The van der Waals surface area contributed by atoms with Crippen molar-refractivity contribution in [3.63, 3.8) is 0 Å². The van der Waals surface area contributed by atoms with Crippen LogP contribution in [0.3, 0.4) is 0 Å². The molecule has 1 aliphatic heterocycles. The first-order chi connectivity index (χ1) is 4.75. The second kappa shape index (κ2) is 2.72. The predicted molar refractivity (Wildman–Crippen MR) is 38.0 cm³/mol. The third kappa shape index (κ3) is 1.12. The maximum Gasteiger partial charge on any atom is 0.241 e. The van der Waals surface area contributed by atoms with E-state index in [4.69, 9.17) is 12.2 Å². The third-order valence-electron chi connectivity index (χ3n) is 1.57. The largest absolute Gasteiger partial charge is 0.338 e. The number of nitrogens with two attached hydrogens (primary N) is 1. The standard InChI is InChI=1S/C7H10N2O/c1-2-3-4-9-5-6(8)7(9)10/h1,6H,3-5,8H2. The van der Waals surface area contributed by atoms with Crippen LogP contribution in [0.2, 0.25) is 0 Å². The van der Waals surface area contributed by atoms with Gasteiger partial charge in [-0.3, -0.25) is 4.79 Å². The van der Waals surface area contributed by atoms with Gasteiger partial charge in [-0.05, 0) is 0 Å². The topological polar surface area (TPSA) is 46.3 Å². The van der Waals surface area contributed by atoms with Gasteiger partial charge in [0.25, 0.3) is 0 Å². The molecule has 1 heterocycles. The molecule has 0 spiro atoms. The van der Waals surface area contributed by atoms with E-state index in [1.54, 1.807) is 4.90 Å². The minimum atomic E-state index is -0.266. The predicted octanol–water partition coefficient (Wildman–Crippen LogP) is -0.821. The third-order valence-corrected chi connectivity index (χ3v) is 1.57. The van der Waals surface area contributed by atoms with Gasteiger partial charge >= 0.3 is 0 Å². The van der Waals surface area contributed by atoms with E-state index in [1.165, 1.54) is 0 Å². The van der Waals surface area contributed by atoms with Crippen LogP contribution in [0, 0.1) is 12.3 Å². The molecule has 0 bridgehead atoms. The van der Waals surface area contributed by atoms with Crippen LogP contribution in [0.4, 0.5) is 0 Å². The Balaban J connectivity index is 2.22. The van der Waals surface area contributed by atoms with Gasteiger partial charge in [-0.2, -0.15) is 0 Å². The number of terminal acetylenes is 1. The van der Waals surface area contributed by atoms with Gasteiger partial charge < -0.3 is 10.6 Å². The van der Waals surface area contributed by atoms with Crippen LogP contribution < -0.4 is 5.73 Å². The summed E-state index contributed by atoms with van der Waals surface area (Å²) < 4.78 is 0. The molecule has 54 valence electrons. The summed E-state index contributed by atoms with van der Waals surface area (Å²) >= 11 is 0. The average Bonchev–Trinajstić information content (AvgIpc) is 1.97. The number of hydrogen-bond acceptors (Lipinski definition) is 2. The quantitative estimate of drug-likeness (QED) is 0.400. The molecule has 0 aromatic carbocycles. The Kier molecular flexibility index (Phi) is 1.93. The Hall–Kier alpha value is -1.01. The monoisotopic (exact) mass is 138 g/mol. The fourth-order valence-corrected chi connectivity index (χ4v) is 0.929. The molecule has 1 atom stereocenters. The summed E-state index contributed by atoms with van der Waals surface area (Å²) in [4.78, 5) is 12.5. The van der Waals surface area contributed by atoms with E-state index in [0.717, 1.165) is 0 Å². The van der Waals surface area contributed by atoms with Gasteiger partial charge in [0.05, 0.1) is 0 Å². The van der Waals surface area contributed by atoms with Crippen LogP contribution >= 0.6 is 0 Å². The molecule has 0 saturated carbocycles. The van der Waals surface area contributed by atoms with E-state index >= 15 is 0 Å². The summed E-state index contributed by atoms with van der Waals surface area (Å²) in [5.74, 6) is 2.49. The van der Waals surface area contributed by atoms with Crippen molar-refractivity contribution in [3.05, 3.63) is 0 Å². The Morgan fingerprint density at radius 1 is 1.90 bits per heavy atom. The molecule has 1 fully saturated rings. The highest BCUT2D eigenvalue weighted by Gasteiger charge is 2.32. The van der Waals surface area contributed by atoms with Gasteiger partial charge in [-0.1, -0.05) is 0 Å². The summed E-state index contributed by atoms with van der Waals surface area (Å²) in [5, 5.41) is 0. The Labute approximate surface area is 60.2 Å². The molecule has 3 nitrogen and oxygen atoms in total. The number of rotatable bonds is 2. The molecule has 1 saturated heterocycles. The van der Waals surface area contributed by atoms with Crippen molar-refractivity contribution in [2.24, 2.45) is 5.73 Å². The average molecular weight is 138 g/mol. The van der Waals surface area contributed by atoms with Crippen molar-refractivity contribution >= 4 is 5.91 Å². The SMILES string of the molecule is C#CCCN1CC(N)C1=O. The molecule has 0 radical (unpaired) electrons. The molecule has 0 aromatic heterocycles. The summed E-state index contributed by atoms with van der Waals surface area (Å²) in [6.45, 7) is 1.32. The van der Waals surface area contributed by atoms with Crippen LogP contribution in [0.5, 0.6) is 0 Å². The van der Waals surface area contributed by atoms with Gasteiger partial charge in [0.1, 0.15) is 6.04 Å². The van der Waals surface area contributed by atoms with E-state index in [2.05, 4.69) is 5.92 Å². The zero-order chi connectivity index (χ0) is 7.56. The smallest absolute Gasteiger partial charge is 0.241 e. The highest BCUT2D eigenvalue weighted by atomic mass is 16.2. The number of hydrogen-bond donors (Lipinski definition) is 1. The second-order valence-electron chi connectivity index (χ2n) is 2.34. The molecule has 10 heavy (non-hydrogen) atoms. The van der Waals surface area contributed by atoms with E-state index in [1.807, 2.05) is 0 Å². The van der Waals surface area contributed by atoms with Crippen LogP contribution in [0.15, 0.2) is 0 Å². The molecule has 3 heteroatoms. The van der Waals surface area contributed by atoms with Gasteiger partial charge in [-0.25, -0.2) is 0 Å². The lowest BCUT2D eigenvalue weighted by Crippen LogP contribution is -2.60. The summed E-state index contributed by atoms with van der Waals surface area (Å²) in [6, 6.07) is -0.266. The lowest BCUT2D eigenvalue weighted by molar-refractivity contribution is -0.142. The first-order valence-electron chi connectivity index (χ1n) is 3.23. The Morgan fingerprint density at radius 2 is 2.60 bits per heavy atom. The number of carbonyl (C=O) groups is 1. The molecule has 2 N–H and O–H groups in total. The van der Waals surface area contributed by atoms with Crippen molar-refractivity contribution in [1.82, 2.24) is 4.90 Å². The van der Waals surface area contributed by atoms with E-state index < -0.39 is 0 Å². The lowest BCUT2D eigenvalue weighted by atomic mass is 10.1. The highest BCUT2D eigenvalue weighted by molar-refractivity contribution is 5.87. The summed E-state index contributed by atoms with van der Waals surface area (Å²) in [5.41, 5.74) is 5.34. The molecular weight excluding hydrogens is 128 g/mol. The number of amides is 1. The normalized spacial score (nSPS) is 23.8. The van der Waals surface area contributed by atoms with Gasteiger partial charge in [0.15, 0.2) is 0 Å². The van der Waals surface area contributed by atoms with E-state index in [9.17, 15) is 4.79 Å². The molecule has 1 rings (SSSR count). The lowest BCUT2D eigenvalue weighted by Gasteiger charge is -2.35. The van der Waals surface area contributed by atoms with Gasteiger partial charge in [0.2, 0.25) is 5.91 Å². The fraction of sp³-hybridized carbons (Fsp3) is 0.571. The van der Waals surface area contributed by atoms with Crippen LogP contribution in [0.25, 0.3) is 0 Å². The maximum atomic E-state index is 10.8. The van der Waals surface area contributed by atoms with Crippen molar-refractivity contribution in [1.29, 1.82) is 0 Å². The first kappa shape index (κ1) is 7.10. The number of nitrogens with zero attached hydrogens (tertiary/aromatic N) is 1. The zero-order valence-electron chi connectivity index (χ0n) is 5.71. The molecule has 1 unspecified atom stereocenters. The Bertz CT molecular complexity index is 183. The minimum Gasteiger partial charge on any atom is -0.338 e. The van der Waals surface area contributed by atoms with Crippen LogP contribution in [-0.2, 0) is 4.79 Å². The van der Waals surface area contributed by atoms with Crippen molar-refractivity contribution < 1.29 is 4.79 Å². The molecule has 1 aliphatic rings. The Morgan fingerprint density at radius 3 is 3.00 bits per heavy atom. The molecule has 0 aliphatic carbocycles. The van der Waals surface area contributed by atoms with E-state index in [-0.39, 0.29) is 11.9 Å². The highest BCUT2D eigenvalue weighted by Crippen LogP contribution is 2.06. The van der Waals surface area contributed by atoms with Crippen molar-refractivity contribution in [3.8, 4) is 12.3 Å². The summed E-state index contributed by atoms with van der Waals surface area (Å²) in [7, 11) is 0. The van der Waals surface area contributed by atoms with Crippen LogP contribution in [-0.4, -0.2) is 29.9 Å². The van der Waals surface area contributed by atoms with E-state index in [0.29, 0.717) is 19.5 Å². The molecule has 0 aromatic rings. The number of carbonyl (C=O) groups excluding carboxylic acids is 1. The van der Waals surface area contributed by atoms with Gasteiger partial charge in [-0.15, -0.1) is 12.3 Å². The van der Waals surface area contributed by atoms with Gasteiger partial charge in [0, 0.05) is 19.5 Å². The number of likely N-dealkylation sites (tertiary alicyclic amines) is 1.